The average molecular weight is 216 g/mol. The minimum Gasteiger partial charge on any atom is -0.467 e. The number of rotatable bonds is 4. The maximum absolute atomic E-state index is 11.5. The van der Waals surface area contributed by atoms with Crippen LogP contribution in [0.25, 0.3) is 0 Å². The third-order valence-electron chi connectivity index (χ3n) is 2.51. The predicted molar refractivity (Wildman–Crippen MR) is 52.0 cm³/mol. The van der Waals surface area contributed by atoms with E-state index in [4.69, 9.17) is 10.5 Å². The van der Waals surface area contributed by atoms with Crippen LogP contribution in [0.15, 0.2) is 0 Å². The minimum absolute atomic E-state index is 0.0698. The van der Waals surface area contributed by atoms with Crippen molar-refractivity contribution in [1.29, 1.82) is 0 Å². The molecule has 6 heteroatoms. The molecule has 0 aromatic carbocycles. The highest BCUT2D eigenvalue weighted by molar-refractivity contribution is 5.83. The molecule has 1 unspecified atom stereocenters. The van der Waals surface area contributed by atoms with Gasteiger partial charge in [-0.05, 0) is 0 Å². The second-order valence-corrected chi connectivity index (χ2v) is 3.39. The van der Waals surface area contributed by atoms with Crippen molar-refractivity contribution in [2.75, 3.05) is 33.4 Å². The van der Waals surface area contributed by atoms with Crippen LogP contribution in [0.4, 0.5) is 0 Å². The summed E-state index contributed by atoms with van der Waals surface area (Å²) in [4.78, 5) is 23.8. The summed E-state index contributed by atoms with van der Waals surface area (Å²) in [5.74, 6) is -0.587. The van der Waals surface area contributed by atoms with Gasteiger partial charge in [0.25, 0.3) is 0 Å². The summed E-state index contributed by atoms with van der Waals surface area (Å²) >= 11 is 0. The first-order chi connectivity index (χ1) is 7.15. The van der Waals surface area contributed by atoms with Crippen LogP contribution in [0, 0.1) is 0 Å². The Kier molecular flexibility index (Phi) is 4.19. The molecule has 0 aromatic rings. The number of carbonyl (C=O) groups excluding carboxylic acids is 2. The smallest absolute Gasteiger partial charge is 0.341 e. The molecule has 1 fully saturated rings. The van der Waals surface area contributed by atoms with Gasteiger partial charge in [-0.15, -0.1) is 0 Å². The Balaban J connectivity index is 2.77. The first-order valence-corrected chi connectivity index (χ1v) is 4.79. The van der Waals surface area contributed by atoms with E-state index in [1.54, 1.807) is 4.90 Å². The van der Waals surface area contributed by atoms with Crippen LogP contribution >= 0.6 is 0 Å². The molecule has 15 heavy (non-hydrogen) atoms. The lowest BCUT2D eigenvalue weighted by molar-refractivity contribution is -0.159. The molecule has 1 rings (SSSR count). The number of morpholine rings is 1. The first kappa shape index (κ1) is 12.1. The van der Waals surface area contributed by atoms with Crippen molar-refractivity contribution in [2.24, 2.45) is 5.73 Å². The van der Waals surface area contributed by atoms with E-state index in [1.165, 1.54) is 7.11 Å². The maximum atomic E-state index is 11.5. The molecule has 0 radical (unpaired) electrons. The second kappa shape index (κ2) is 5.20. The number of hydrogen-bond donors (Lipinski definition) is 1. The number of ether oxygens (including phenoxy) is 2. The van der Waals surface area contributed by atoms with Gasteiger partial charge >= 0.3 is 5.97 Å². The highest BCUT2D eigenvalue weighted by Gasteiger charge is 2.41. The van der Waals surface area contributed by atoms with E-state index >= 15 is 0 Å². The lowest BCUT2D eigenvalue weighted by Gasteiger charge is -2.39. The number of nitrogens with two attached hydrogens (primary N) is 1. The third-order valence-corrected chi connectivity index (χ3v) is 2.51. The third kappa shape index (κ3) is 2.53. The van der Waals surface area contributed by atoms with Crippen LogP contribution in [0.3, 0.4) is 0 Å². The molecule has 1 saturated heterocycles. The predicted octanol–water partition coefficient (Wildman–Crippen LogP) is -1.26. The fourth-order valence-corrected chi connectivity index (χ4v) is 1.61. The summed E-state index contributed by atoms with van der Waals surface area (Å²) in [6.45, 7) is 2.07. The molecule has 0 spiro atoms. The average Bonchev–Trinajstić information content (AvgIpc) is 2.29. The Hall–Kier alpha value is -0.980. The molecule has 0 amide bonds. The largest absolute Gasteiger partial charge is 0.467 e. The molecule has 1 aliphatic heterocycles. The highest BCUT2D eigenvalue weighted by Crippen LogP contribution is 2.16. The van der Waals surface area contributed by atoms with Gasteiger partial charge in [0.1, 0.15) is 6.29 Å². The number of aldehydes is 1. The van der Waals surface area contributed by atoms with Gasteiger partial charge in [-0.3, -0.25) is 4.90 Å². The first-order valence-electron chi connectivity index (χ1n) is 4.79. The zero-order valence-corrected chi connectivity index (χ0v) is 8.77. The summed E-state index contributed by atoms with van der Waals surface area (Å²) < 4.78 is 9.76. The quantitative estimate of drug-likeness (QED) is 0.466. The minimum atomic E-state index is -1.35. The standard InChI is InChI=1S/C9H16N2O4/c1-14-8(13)9(10,2-5-12)11-3-6-15-7-4-11/h5H,2-4,6-7,10H2,1H3. The van der Waals surface area contributed by atoms with E-state index in [-0.39, 0.29) is 6.42 Å². The Labute approximate surface area is 88.3 Å². The molecule has 86 valence electrons. The van der Waals surface area contributed by atoms with Crippen LogP contribution in [0.1, 0.15) is 6.42 Å². The van der Waals surface area contributed by atoms with Crippen molar-refractivity contribution < 1.29 is 19.1 Å². The normalized spacial score (nSPS) is 21.7. The van der Waals surface area contributed by atoms with Gasteiger partial charge in [-0.25, -0.2) is 4.79 Å². The van der Waals surface area contributed by atoms with Crippen molar-refractivity contribution in [2.45, 2.75) is 12.1 Å². The second-order valence-electron chi connectivity index (χ2n) is 3.39. The highest BCUT2D eigenvalue weighted by atomic mass is 16.5. The van der Waals surface area contributed by atoms with Gasteiger partial charge in [-0.1, -0.05) is 0 Å². The lowest BCUT2D eigenvalue weighted by Crippen LogP contribution is -2.64. The monoisotopic (exact) mass is 216 g/mol. The van der Waals surface area contributed by atoms with E-state index in [9.17, 15) is 9.59 Å². The summed E-state index contributed by atoms with van der Waals surface area (Å²) in [6.07, 6.45) is 0.562. The van der Waals surface area contributed by atoms with Gasteiger partial charge in [-0.2, -0.15) is 0 Å². The van der Waals surface area contributed by atoms with E-state index in [0.717, 1.165) is 0 Å². The van der Waals surface area contributed by atoms with Gasteiger partial charge in [0, 0.05) is 19.5 Å². The molecule has 0 aliphatic carbocycles. The number of methoxy groups -OCH3 is 1. The summed E-state index contributed by atoms with van der Waals surface area (Å²) in [7, 11) is 1.26. The van der Waals surface area contributed by atoms with E-state index in [1.807, 2.05) is 0 Å². The van der Waals surface area contributed by atoms with Crippen molar-refractivity contribution in [3.63, 3.8) is 0 Å². The van der Waals surface area contributed by atoms with Crippen molar-refractivity contribution in [3.05, 3.63) is 0 Å². The van der Waals surface area contributed by atoms with Crippen molar-refractivity contribution >= 4 is 12.3 Å². The Morgan fingerprint density at radius 1 is 1.60 bits per heavy atom. The van der Waals surface area contributed by atoms with Crippen molar-refractivity contribution in [3.8, 4) is 0 Å². The zero-order valence-electron chi connectivity index (χ0n) is 8.77. The molecule has 1 aliphatic rings. The summed E-state index contributed by atoms with van der Waals surface area (Å²) in [6, 6.07) is 0. The number of nitrogens with zero attached hydrogens (tertiary/aromatic N) is 1. The van der Waals surface area contributed by atoms with Gasteiger partial charge < -0.3 is 20.0 Å². The molecule has 6 nitrogen and oxygen atoms in total. The van der Waals surface area contributed by atoms with Gasteiger partial charge in [0.05, 0.1) is 20.3 Å². The molecule has 0 saturated carbocycles. The van der Waals surface area contributed by atoms with E-state index in [0.29, 0.717) is 32.6 Å². The molecule has 0 aromatic heterocycles. The van der Waals surface area contributed by atoms with E-state index < -0.39 is 11.6 Å². The zero-order chi connectivity index (χ0) is 11.3. The molecule has 0 bridgehead atoms. The van der Waals surface area contributed by atoms with Gasteiger partial charge in [0.2, 0.25) is 0 Å². The van der Waals surface area contributed by atoms with E-state index in [2.05, 4.69) is 4.74 Å². The van der Waals surface area contributed by atoms with Gasteiger partial charge in [0.15, 0.2) is 5.66 Å². The number of esters is 1. The fourth-order valence-electron chi connectivity index (χ4n) is 1.61. The SMILES string of the molecule is COC(=O)C(N)(CC=O)N1CCOCC1. The topological polar surface area (TPSA) is 81.9 Å². The molecule has 2 N–H and O–H groups in total. The van der Waals surface area contributed by atoms with Crippen LogP contribution in [0.5, 0.6) is 0 Å². The fraction of sp³-hybridized carbons (Fsp3) is 0.778. The van der Waals surface area contributed by atoms with Crippen LogP contribution in [0.2, 0.25) is 0 Å². The number of hydrogen-bond acceptors (Lipinski definition) is 6. The summed E-state index contributed by atoms with van der Waals surface area (Å²) in [5, 5.41) is 0. The maximum Gasteiger partial charge on any atom is 0.341 e. The number of carbonyl (C=O) groups is 2. The van der Waals surface area contributed by atoms with Crippen molar-refractivity contribution in [1.82, 2.24) is 4.90 Å². The molecule has 1 heterocycles. The molecular weight excluding hydrogens is 200 g/mol. The summed E-state index contributed by atoms with van der Waals surface area (Å²) in [5.41, 5.74) is 4.55. The molecular formula is C9H16N2O4. The Bertz CT molecular complexity index is 240. The molecule has 1 atom stereocenters. The van der Waals surface area contributed by atoms with Crippen LogP contribution in [-0.4, -0.2) is 56.2 Å². The van der Waals surface area contributed by atoms with Crippen LogP contribution < -0.4 is 5.73 Å². The Morgan fingerprint density at radius 3 is 2.67 bits per heavy atom. The lowest BCUT2D eigenvalue weighted by atomic mass is 10.1. The van der Waals surface area contributed by atoms with Crippen LogP contribution in [-0.2, 0) is 19.1 Å². The Morgan fingerprint density at radius 2 is 2.20 bits per heavy atom.